The Balaban J connectivity index is 2.16. The number of benzene rings is 2. The molecule has 0 aromatic heterocycles. The van der Waals surface area contributed by atoms with Crippen LogP contribution in [-0.4, -0.2) is 50.8 Å². The first kappa shape index (κ1) is 23.4. The zero-order chi connectivity index (χ0) is 22.1. The van der Waals surface area contributed by atoms with Gasteiger partial charge in [0.05, 0.1) is 13.2 Å². The van der Waals surface area contributed by atoms with Crippen molar-refractivity contribution in [1.82, 2.24) is 9.62 Å². The largest absolute Gasteiger partial charge is 0.492 e. The molecule has 2 amide bonds. The Morgan fingerprint density at radius 3 is 2.27 bits per heavy atom. The first-order valence-electron chi connectivity index (χ1n) is 9.73. The minimum Gasteiger partial charge on any atom is -0.492 e. The Hall–Kier alpha value is -2.91. The maximum atomic E-state index is 13.0. The van der Waals surface area contributed by atoms with Crippen molar-refractivity contribution in [3.63, 3.8) is 0 Å². The smallest absolute Gasteiger partial charge is 0.251 e. The number of hydrogen-bond acceptors (Lipinski definition) is 5. The molecule has 0 unspecified atom stereocenters. The van der Waals surface area contributed by atoms with Crippen LogP contribution >= 0.6 is 0 Å². The lowest BCUT2D eigenvalue weighted by Crippen LogP contribution is -2.33. The van der Waals surface area contributed by atoms with Crippen LogP contribution in [0.25, 0.3) is 0 Å². The SMILES string of the molecule is CCOc1ccc(NC(=O)CNC(=O)c2ccccc2)cc1S(=O)(=O)N(CC)CC. The van der Waals surface area contributed by atoms with E-state index < -0.39 is 15.9 Å². The van der Waals surface area contributed by atoms with Gasteiger partial charge in [0.15, 0.2) is 0 Å². The van der Waals surface area contributed by atoms with Crippen molar-refractivity contribution in [1.29, 1.82) is 0 Å². The number of rotatable bonds is 10. The monoisotopic (exact) mass is 433 g/mol. The Morgan fingerprint density at radius 1 is 1.00 bits per heavy atom. The van der Waals surface area contributed by atoms with Gasteiger partial charge in [-0.25, -0.2) is 8.42 Å². The first-order chi connectivity index (χ1) is 14.3. The summed E-state index contributed by atoms with van der Waals surface area (Å²) < 4.78 is 32.7. The summed E-state index contributed by atoms with van der Waals surface area (Å²) in [5.74, 6) is -0.628. The van der Waals surface area contributed by atoms with Crippen molar-refractivity contribution in [3.8, 4) is 5.75 Å². The lowest BCUT2D eigenvalue weighted by atomic mass is 10.2. The molecule has 2 rings (SSSR count). The quantitative estimate of drug-likeness (QED) is 0.599. The zero-order valence-corrected chi connectivity index (χ0v) is 18.2. The Kier molecular flexibility index (Phi) is 8.37. The second kappa shape index (κ2) is 10.7. The molecule has 0 atom stereocenters. The highest BCUT2D eigenvalue weighted by Crippen LogP contribution is 2.30. The molecular weight excluding hydrogens is 406 g/mol. The highest BCUT2D eigenvalue weighted by atomic mass is 32.2. The van der Waals surface area contributed by atoms with Crippen LogP contribution in [0, 0.1) is 0 Å². The maximum absolute atomic E-state index is 13.0. The van der Waals surface area contributed by atoms with Gasteiger partial charge in [0.25, 0.3) is 5.91 Å². The van der Waals surface area contributed by atoms with Gasteiger partial charge in [-0.3, -0.25) is 9.59 Å². The zero-order valence-electron chi connectivity index (χ0n) is 17.3. The summed E-state index contributed by atoms with van der Waals surface area (Å²) in [4.78, 5) is 24.3. The van der Waals surface area contributed by atoms with Crippen LogP contribution in [0.5, 0.6) is 5.75 Å². The van der Waals surface area contributed by atoms with Gasteiger partial charge >= 0.3 is 0 Å². The van der Waals surface area contributed by atoms with Gasteiger partial charge in [0.1, 0.15) is 10.6 Å². The van der Waals surface area contributed by atoms with Crippen LogP contribution in [0.4, 0.5) is 5.69 Å². The summed E-state index contributed by atoms with van der Waals surface area (Å²) in [5, 5.41) is 5.14. The molecule has 0 fully saturated rings. The number of hydrogen-bond donors (Lipinski definition) is 2. The number of nitrogens with zero attached hydrogens (tertiary/aromatic N) is 1. The van der Waals surface area contributed by atoms with Gasteiger partial charge in [-0.2, -0.15) is 4.31 Å². The summed E-state index contributed by atoms with van der Waals surface area (Å²) in [7, 11) is -3.79. The highest BCUT2D eigenvalue weighted by molar-refractivity contribution is 7.89. The van der Waals surface area contributed by atoms with Gasteiger partial charge in [-0.15, -0.1) is 0 Å². The summed E-state index contributed by atoms with van der Waals surface area (Å²) in [6, 6.07) is 13.0. The molecule has 2 N–H and O–H groups in total. The van der Waals surface area contributed by atoms with Crippen molar-refractivity contribution in [2.75, 3.05) is 31.6 Å². The molecule has 9 heteroatoms. The van der Waals surface area contributed by atoms with Crippen molar-refractivity contribution < 1.29 is 22.7 Å². The minimum atomic E-state index is -3.79. The van der Waals surface area contributed by atoms with E-state index in [1.807, 2.05) is 0 Å². The fourth-order valence-electron chi connectivity index (χ4n) is 2.82. The number of sulfonamides is 1. The summed E-state index contributed by atoms with van der Waals surface area (Å²) in [6.45, 7) is 5.94. The van der Waals surface area contributed by atoms with Crippen LogP contribution in [-0.2, 0) is 14.8 Å². The fourth-order valence-corrected chi connectivity index (χ4v) is 4.44. The third-order valence-corrected chi connectivity index (χ3v) is 6.37. The molecule has 8 nitrogen and oxygen atoms in total. The van der Waals surface area contributed by atoms with Gasteiger partial charge < -0.3 is 15.4 Å². The van der Waals surface area contributed by atoms with E-state index in [1.165, 1.54) is 16.4 Å². The Morgan fingerprint density at radius 2 is 1.67 bits per heavy atom. The van der Waals surface area contributed by atoms with Crippen molar-refractivity contribution >= 4 is 27.5 Å². The molecule has 2 aromatic carbocycles. The predicted molar refractivity (Wildman–Crippen MR) is 115 cm³/mol. The molecule has 0 saturated heterocycles. The summed E-state index contributed by atoms with van der Waals surface area (Å²) >= 11 is 0. The lowest BCUT2D eigenvalue weighted by Gasteiger charge is -2.21. The molecular formula is C21H27N3O5S. The second-order valence-electron chi connectivity index (χ2n) is 6.28. The standard InChI is InChI=1S/C21H27N3O5S/c1-4-24(5-2)30(27,28)19-14-17(12-13-18(19)29-6-3)23-20(25)15-22-21(26)16-10-8-7-9-11-16/h7-14H,4-6,15H2,1-3H3,(H,22,26)(H,23,25). The van der Waals surface area contributed by atoms with E-state index in [4.69, 9.17) is 4.74 Å². The number of carbonyl (C=O) groups is 2. The Labute approximate surface area is 177 Å². The van der Waals surface area contributed by atoms with E-state index in [1.54, 1.807) is 57.2 Å². The summed E-state index contributed by atoms with van der Waals surface area (Å²) in [5.41, 5.74) is 0.738. The molecule has 30 heavy (non-hydrogen) atoms. The van der Waals surface area contributed by atoms with Gasteiger partial charge in [0.2, 0.25) is 15.9 Å². The molecule has 0 bridgehead atoms. The van der Waals surface area contributed by atoms with E-state index in [0.717, 1.165) is 0 Å². The van der Waals surface area contributed by atoms with Crippen molar-refractivity contribution in [3.05, 3.63) is 54.1 Å². The first-order valence-corrected chi connectivity index (χ1v) is 11.2. The third-order valence-electron chi connectivity index (χ3n) is 4.30. The van der Waals surface area contributed by atoms with Crippen molar-refractivity contribution in [2.45, 2.75) is 25.7 Å². The molecule has 0 aliphatic rings. The number of nitrogens with one attached hydrogen (secondary N) is 2. The molecule has 0 saturated carbocycles. The van der Waals surface area contributed by atoms with Gasteiger partial charge in [-0.1, -0.05) is 32.0 Å². The molecule has 0 heterocycles. The number of amides is 2. The van der Waals surface area contributed by atoms with Crippen LogP contribution in [0.15, 0.2) is 53.4 Å². The van der Waals surface area contributed by atoms with Crippen LogP contribution in [0.3, 0.4) is 0 Å². The third kappa shape index (κ3) is 5.80. The van der Waals surface area contributed by atoms with Gasteiger partial charge in [-0.05, 0) is 37.3 Å². The molecule has 2 aromatic rings. The van der Waals surface area contributed by atoms with E-state index in [-0.39, 0.29) is 23.1 Å². The van der Waals surface area contributed by atoms with E-state index >= 15 is 0 Å². The van der Waals surface area contributed by atoms with E-state index in [0.29, 0.717) is 30.9 Å². The average molecular weight is 434 g/mol. The summed E-state index contributed by atoms with van der Waals surface area (Å²) in [6.07, 6.45) is 0. The molecule has 0 aliphatic heterocycles. The van der Waals surface area contributed by atoms with Crippen LogP contribution in [0.1, 0.15) is 31.1 Å². The average Bonchev–Trinajstić information content (AvgIpc) is 2.74. The number of carbonyl (C=O) groups excluding carboxylic acids is 2. The maximum Gasteiger partial charge on any atom is 0.251 e. The molecule has 0 aliphatic carbocycles. The molecule has 162 valence electrons. The van der Waals surface area contributed by atoms with Crippen molar-refractivity contribution in [2.24, 2.45) is 0 Å². The lowest BCUT2D eigenvalue weighted by molar-refractivity contribution is -0.115. The fraction of sp³-hybridized carbons (Fsp3) is 0.333. The minimum absolute atomic E-state index is 0.0147. The second-order valence-corrected chi connectivity index (χ2v) is 8.19. The van der Waals surface area contributed by atoms with E-state index in [9.17, 15) is 18.0 Å². The van der Waals surface area contributed by atoms with Gasteiger partial charge in [0, 0.05) is 24.3 Å². The number of ether oxygens (including phenoxy) is 1. The highest BCUT2D eigenvalue weighted by Gasteiger charge is 2.26. The van der Waals surface area contributed by atoms with Crippen LogP contribution in [0.2, 0.25) is 0 Å². The molecule has 0 radical (unpaired) electrons. The molecule has 0 spiro atoms. The van der Waals surface area contributed by atoms with Crippen LogP contribution < -0.4 is 15.4 Å². The topological polar surface area (TPSA) is 105 Å². The predicted octanol–water partition coefficient (Wildman–Crippen LogP) is 2.48. The normalized spacial score (nSPS) is 11.2. The Bertz CT molecular complexity index is 973. The number of anilines is 1. The van der Waals surface area contributed by atoms with E-state index in [2.05, 4.69) is 10.6 Å².